The van der Waals surface area contributed by atoms with E-state index in [2.05, 4.69) is 25.8 Å². The van der Waals surface area contributed by atoms with Crippen molar-refractivity contribution in [2.75, 3.05) is 5.32 Å². The van der Waals surface area contributed by atoms with Crippen LogP contribution in [0.4, 0.5) is 10.5 Å². The molecule has 0 spiro atoms. The van der Waals surface area contributed by atoms with E-state index in [-0.39, 0.29) is 0 Å². The Morgan fingerprint density at radius 1 is 1.21 bits per heavy atom. The van der Waals surface area contributed by atoms with Crippen molar-refractivity contribution < 1.29 is 4.79 Å². The lowest BCUT2D eigenvalue weighted by Gasteiger charge is -2.02. The summed E-state index contributed by atoms with van der Waals surface area (Å²) in [6.45, 7) is 1.80. The molecule has 0 saturated heterocycles. The van der Waals surface area contributed by atoms with Crippen LogP contribution in [-0.4, -0.2) is 22.2 Å². The van der Waals surface area contributed by atoms with Gasteiger partial charge in [-0.15, -0.1) is 0 Å². The topological polar surface area (TPSA) is 79.3 Å². The van der Waals surface area contributed by atoms with Gasteiger partial charge in [-0.1, -0.05) is 18.2 Å². The molecule has 0 bridgehead atoms. The van der Waals surface area contributed by atoms with E-state index in [1.54, 1.807) is 31.5 Å². The fourth-order valence-electron chi connectivity index (χ4n) is 1.32. The predicted molar refractivity (Wildman–Crippen MR) is 73.0 cm³/mol. The Morgan fingerprint density at radius 2 is 1.89 bits per heavy atom. The molecular weight excluding hydrogens is 242 g/mol. The van der Waals surface area contributed by atoms with Crippen LogP contribution in [0.3, 0.4) is 0 Å². The van der Waals surface area contributed by atoms with E-state index in [0.717, 1.165) is 0 Å². The van der Waals surface area contributed by atoms with E-state index in [4.69, 9.17) is 0 Å². The van der Waals surface area contributed by atoms with Crippen LogP contribution >= 0.6 is 0 Å². The molecule has 0 aliphatic heterocycles. The zero-order valence-corrected chi connectivity index (χ0v) is 10.4. The molecule has 2 N–H and O–H groups in total. The minimum atomic E-state index is -0.407. The number of carbonyl (C=O) groups excluding carboxylic acids is 1. The first-order valence-electron chi connectivity index (χ1n) is 5.68. The van der Waals surface area contributed by atoms with Crippen molar-refractivity contribution >= 4 is 17.9 Å². The second kappa shape index (κ2) is 6.25. The number of hydrogen-bond acceptors (Lipinski definition) is 4. The summed E-state index contributed by atoms with van der Waals surface area (Å²) in [7, 11) is 0. The molecule has 0 fully saturated rings. The van der Waals surface area contributed by atoms with Crippen molar-refractivity contribution in [3.05, 3.63) is 54.1 Å². The fraction of sp³-hybridized carbons (Fsp3) is 0.0769. The molecule has 96 valence electrons. The first-order valence-corrected chi connectivity index (χ1v) is 5.68. The standard InChI is InChI=1S/C13H13N5O/c1-10-14-7-11(8-15-10)9-16-18-13(19)17-12-5-3-2-4-6-12/h2-9H,1H3,(H2,17,18,19)/b16-9-. The van der Waals surface area contributed by atoms with Gasteiger partial charge in [0.1, 0.15) is 5.82 Å². The number of nitrogens with zero attached hydrogens (tertiary/aromatic N) is 3. The quantitative estimate of drug-likeness (QED) is 0.649. The van der Waals surface area contributed by atoms with Crippen LogP contribution in [0.25, 0.3) is 0 Å². The van der Waals surface area contributed by atoms with Gasteiger partial charge in [0.2, 0.25) is 0 Å². The molecule has 0 atom stereocenters. The summed E-state index contributed by atoms with van der Waals surface area (Å²) in [4.78, 5) is 19.5. The Kier molecular flexibility index (Phi) is 4.17. The zero-order valence-electron chi connectivity index (χ0n) is 10.4. The van der Waals surface area contributed by atoms with Crippen LogP contribution in [0, 0.1) is 6.92 Å². The molecule has 0 saturated carbocycles. The number of urea groups is 1. The first kappa shape index (κ1) is 12.7. The summed E-state index contributed by atoms with van der Waals surface area (Å²) in [6.07, 6.45) is 4.73. The van der Waals surface area contributed by atoms with E-state index in [0.29, 0.717) is 17.1 Å². The lowest BCUT2D eigenvalue weighted by molar-refractivity contribution is 0.252. The number of aryl methyl sites for hydroxylation is 1. The highest BCUT2D eigenvalue weighted by Crippen LogP contribution is 2.03. The van der Waals surface area contributed by atoms with Crippen LogP contribution in [0.1, 0.15) is 11.4 Å². The summed E-state index contributed by atoms with van der Waals surface area (Å²) in [6, 6.07) is 8.72. The summed E-state index contributed by atoms with van der Waals surface area (Å²) < 4.78 is 0. The van der Waals surface area contributed by atoms with Crippen molar-refractivity contribution in [2.24, 2.45) is 5.10 Å². The van der Waals surface area contributed by atoms with E-state index < -0.39 is 6.03 Å². The SMILES string of the molecule is Cc1ncc(/C=N\NC(=O)Nc2ccccc2)cn1. The van der Waals surface area contributed by atoms with Crippen molar-refractivity contribution in [3.63, 3.8) is 0 Å². The van der Waals surface area contributed by atoms with Crippen LogP contribution in [0.2, 0.25) is 0 Å². The third kappa shape index (κ3) is 4.19. The predicted octanol–water partition coefficient (Wildman–Crippen LogP) is 1.94. The van der Waals surface area contributed by atoms with Gasteiger partial charge in [-0.05, 0) is 19.1 Å². The molecule has 19 heavy (non-hydrogen) atoms. The molecule has 0 radical (unpaired) electrons. The Morgan fingerprint density at radius 3 is 2.58 bits per heavy atom. The van der Waals surface area contributed by atoms with Gasteiger partial charge < -0.3 is 5.32 Å². The maximum absolute atomic E-state index is 11.5. The maximum Gasteiger partial charge on any atom is 0.339 e. The summed E-state index contributed by atoms with van der Waals surface area (Å²) in [5, 5.41) is 6.44. The Hall–Kier alpha value is -2.76. The molecular formula is C13H13N5O. The lowest BCUT2D eigenvalue weighted by atomic mass is 10.3. The molecule has 1 aromatic carbocycles. The smallest absolute Gasteiger partial charge is 0.307 e. The highest BCUT2D eigenvalue weighted by atomic mass is 16.2. The molecule has 2 amide bonds. The van der Waals surface area contributed by atoms with Crippen LogP contribution in [0.15, 0.2) is 47.8 Å². The van der Waals surface area contributed by atoms with Gasteiger partial charge in [0.05, 0.1) is 6.21 Å². The minimum Gasteiger partial charge on any atom is -0.307 e. The van der Waals surface area contributed by atoms with Gasteiger partial charge in [0.25, 0.3) is 0 Å². The van der Waals surface area contributed by atoms with Gasteiger partial charge in [-0.3, -0.25) is 0 Å². The minimum absolute atomic E-state index is 0.407. The highest BCUT2D eigenvalue weighted by Gasteiger charge is 1.98. The average Bonchev–Trinajstić information content (AvgIpc) is 2.42. The number of hydrogen-bond donors (Lipinski definition) is 2. The Balaban J connectivity index is 1.85. The van der Waals surface area contributed by atoms with Crippen LogP contribution in [0.5, 0.6) is 0 Å². The van der Waals surface area contributed by atoms with Crippen molar-refractivity contribution in [3.8, 4) is 0 Å². The summed E-state index contributed by atoms with van der Waals surface area (Å²) in [5.41, 5.74) is 3.77. The molecule has 1 heterocycles. The molecule has 0 aliphatic carbocycles. The third-order valence-corrected chi connectivity index (χ3v) is 2.21. The number of amides is 2. The molecule has 2 aromatic rings. The number of hydrazone groups is 1. The zero-order chi connectivity index (χ0) is 13.5. The van der Waals surface area contributed by atoms with Crippen LogP contribution in [-0.2, 0) is 0 Å². The van der Waals surface area contributed by atoms with E-state index in [1.165, 1.54) is 6.21 Å². The molecule has 0 unspecified atom stereocenters. The number of benzene rings is 1. The number of para-hydroxylation sites is 1. The number of rotatable bonds is 3. The van der Waals surface area contributed by atoms with Crippen LogP contribution < -0.4 is 10.7 Å². The normalized spacial score (nSPS) is 10.4. The first-order chi connectivity index (χ1) is 9.24. The summed E-state index contributed by atoms with van der Waals surface area (Å²) >= 11 is 0. The average molecular weight is 255 g/mol. The maximum atomic E-state index is 11.5. The molecule has 2 rings (SSSR count). The lowest BCUT2D eigenvalue weighted by Crippen LogP contribution is -2.24. The van der Waals surface area contributed by atoms with Gasteiger partial charge >= 0.3 is 6.03 Å². The van der Waals surface area contributed by atoms with Gasteiger partial charge in [0, 0.05) is 23.6 Å². The largest absolute Gasteiger partial charge is 0.339 e. The summed E-state index contributed by atoms with van der Waals surface area (Å²) in [5.74, 6) is 0.687. The van der Waals surface area contributed by atoms with E-state index in [9.17, 15) is 4.79 Å². The van der Waals surface area contributed by atoms with Crippen molar-refractivity contribution in [1.29, 1.82) is 0 Å². The fourth-order valence-corrected chi connectivity index (χ4v) is 1.32. The number of carbonyl (C=O) groups is 1. The van der Waals surface area contributed by atoms with Crippen molar-refractivity contribution in [1.82, 2.24) is 15.4 Å². The van der Waals surface area contributed by atoms with Gasteiger partial charge in [0.15, 0.2) is 0 Å². The monoisotopic (exact) mass is 255 g/mol. The molecule has 1 aromatic heterocycles. The number of anilines is 1. The third-order valence-electron chi connectivity index (χ3n) is 2.21. The highest BCUT2D eigenvalue weighted by molar-refractivity contribution is 5.90. The van der Waals surface area contributed by atoms with Gasteiger partial charge in [-0.25, -0.2) is 20.2 Å². The Bertz CT molecular complexity index is 565. The van der Waals surface area contributed by atoms with E-state index >= 15 is 0 Å². The van der Waals surface area contributed by atoms with Crippen molar-refractivity contribution in [2.45, 2.75) is 6.92 Å². The number of aromatic nitrogens is 2. The van der Waals surface area contributed by atoms with Gasteiger partial charge in [-0.2, -0.15) is 5.10 Å². The second-order valence-electron chi connectivity index (χ2n) is 3.75. The van der Waals surface area contributed by atoms with E-state index in [1.807, 2.05) is 18.2 Å². The molecule has 6 nitrogen and oxygen atoms in total. The Labute approximate surface area is 110 Å². The second-order valence-corrected chi connectivity index (χ2v) is 3.75. The number of nitrogens with one attached hydrogen (secondary N) is 2. The molecule has 0 aliphatic rings. The molecule has 6 heteroatoms.